The molecule has 7 nitrogen and oxygen atoms in total. The third kappa shape index (κ3) is 6.70. The van der Waals surface area contributed by atoms with Gasteiger partial charge in [-0.2, -0.15) is 4.31 Å². The molecule has 2 aliphatic heterocycles. The van der Waals surface area contributed by atoms with Crippen LogP contribution in [-0.4, -0.2) is 69.4 Å². The van der Waals surface area contributed by atoms with Gasteiger partial charge in [0, 0.05) is 31.2 Å². The first-order valence-corrected chi connectivity index (χ1v) is 13.9. The number of hydrogen-bond donors (Lipinski definition) is 1. The topological polar surface area (TPSA) is 79.0 Å². The van der Waals surface area contributed by atoms with Crippen LogP contribution < -0.4 is 10.1 Å². The molecule has 0 bridgehead atoms. The number of unbranched alkanes of at least 4 members (excludes halogenated alkanes) is 1. The van der Waals surface area contributed by atoms with E-state index in [-0.39, 0.29) is 16.6 Å². The first kappa shape index (κ1) is 26.0. The van der Waals surface area contributed by atoms with Crippen molar-refractivity contribution in [2.45, 2.75) is 70.2 Å². The molecule has 0 aliphatic carbocycles. The van der Waals surface area contributed by atoms with Gasteiger partial charge < -0.3 is 15.0 Å². The second-order valence-corrected chi connectivity index (χ2v) is 11.9. The number of rotatable bonds is 9. The minimum absolute atomic E-state index is 0.0676. The number of nitrogens with zero attached hydrogens (tertiary/aromatic N) is 2. The molecule has 1 aromatic rings. The predicted octanol–water partition coefficient (Wildman–Crippen LogP) is 3.75. The Morgan fingerprint density at radius 3 is 2.52 bits per heavy atom. The summed E-state index contributed by atoms with van der Waals surface area (Å²) in [5.74, 6) is 0.622. The number of ether oxygens (including phenoxy) is 1. The first-order valence-electron chi connectivity index (χ1n) is 12.4. The SMILES string of the molecule is COc1ccc(C(=O)NCCCCN2CCCCC2C)cc1S(=O)(=O)N1CC(C)CC(C)C1. The number of hydrogen-bond acceptors (Lipinski definition) is 5. The van der Waals surface area contributed by atoms with E-state index in [0.717, 1.165) is 25.8 Å². The maximum Gasteiger partial charge on any atom is 0.251 e. The molecule has 2 fully saturated rings. The molecular weight excluding hydrogens is 438 g/mol. The summed E-state index contributed by atoms with van der Waals surface area (Å²) in [6.45, 7) is 10.2. The summed E-state index contributed by atoms with van der Waals surface area (Å²) < 4.78 is 33.7. The highest BCUT2D eigenvalue weighted by Crippen LogP contribution is 2.32. The van der Waals surface area contributed by atoms with Gasteiger partial charge in [-0.3, -0.25) is 4.79 Å². The third-order valence-corrected chi connectivity index (χ3v) is 8.83. The van der Waals surface area contributed by atoms with Crippen molar-refractivity contribution in [1.82, 2.24) is 14.5 Å². The van der Waals surface area contributed by atoms with Gasteiger partial charge >= 0.3 is 0 Å². The Morgan fingerprint density at radius 2 is 1.85 bits per heavy atom. The van der Waals surface area contributed by atoms with Gasteiger partial charge in [-0.25, -0.2) is 8.42 Å². The zero-order valence-electron chi connectivity index (χ0n) is 20.7. The number of nitrogens with one attached hydrogen (secondary N) is 1. The fraction of sp³-hybridized carbons (Fsp3) is 0.720. The zero-order valence-corrected chi connectivity index (χ0v) is 21.5. The Labute approximate surface area is 199 Å². The summed E-state index contributed by atoms with van der Waals surface area (Å²) in [6.07, 6.45) is 6.83. The van der Waals surface area contributed by atoms with E-state index in [1.807, 2.05) is 0 Å². The lowest BCUT2D eigenvalue weighted by Crippen LogP contribution is -2.42. The van der Waals surface area contributed by atoms with Crippen molar-refractivity contribution in [3.05, 3.63) is 23.8 Å². The number of carbonyl (C=O) groups excluding carboxylic acids is 1. The normalized spacial score (nSPS) is 25.0. The van der Waals surface area contributed by atoms with E-state index in [1.54, 1.807) is 12.1 Å². The molecular formula is C25H41N3O4S. The van der Waals surface area contributed by atoms with Crippen LogP contribution in [0.25, 0.3) is 0 Å². The van der Waals surface area contributed by atoms with Crippen LogP contribution in [0.5, 0.6) is 5.75 Å². The van der Waals surface area contributed by atoms with E-state index >= 15 is 0 Å². The van der Waals surface area contributed by atoms with Gasteiger partial charge in [0.25, 0.3) is 5.91 Å². The average Bonchev–Trinajstić information content (AvgIpc) is 2.78. The molecule has 2 saturated heterocycles. The number of benzene rings is 1. The third-order valence-electron chi connectivity index (χ3n) is 6.98. The van der Waals surface area contributed by atoms with E-state index in [2.05, 4.69) is 31.0 Å². The van der Waals surface area contributed by atoms with E-state index in [4.69, 9.17) is 4.74 Å². The van der Waals surface area contributed by atoms with Gasteiger partial charge in [0.1, 0.15) is 10.6 Å². The number of sulfonamides is 1. The number of likely N-dealkylation sites (tertiary alicyclic amines) is 1. The van der Waals surface area contributed by atoms with Crippen molar-refractivity contribution in [2.24, 2.45) is 11.8 Å². The van der Waals surface area contributed by atoms with Gasteiger partial charge in [-0.05, 0) is 82.2 Å². The molecule has 0 saturated carbocycles. The lowest BCUT2D eigenvalue weighted by molar-refractivity contribution is 0.0951. The molecule has 1 amide bonds. The highest BCUT2D eigenvalue weighted by Gasteiger charge is 2.34. The molecule has 8 heteroatoms. The molecule has 3 rings (SSSR count). The van der Waals surface area contributed by atoms with Gasteiger partial charge in [0.05, 0.1) is 7.11 Å². The van der Waals surface area contributed by atoms with E-state index < -0.39 is 10.0 Å². The molecule has 2 heterocycles. The quantitative estimate of drug-likeness (QED) is 0.546. The lowest BCUT2D eigenvalue weighted by atomic mass is 9.94. The van der Waals surface area contributed by atoms with Crippen LogP contribution in [0.2, 0.25) is 0 Å². The van der Waals surface area contributed by atoms with Gasteiger partial charge in [-0.15, -0.1) is 0 Å². The van der Waals surface area contributed by atoms with Crippen LogP contribution in [0.4, 0.5) is 0 Å². The van der Waals surface area contributed by atoms with Crippen LogP contribution in [0.15, 0.2) is 23.1 Å². The maximum absolute atomic E-state index is 13.4. The minimum Gasteiger partial charge on any atom is -0.495 e. The average molecular weight is 480 g/mol. The Morgan fingerprint density at radius 1 is 1.12 bits per heavy atom. The van der Waals surface area contributed by atoms with Crippen molar-refractivity contribution >= 4 is 15.9 Å². The van der Waals surface area contributed by atoms with Crippen LogP contribution in [0.1, 0.15) is 69.7 Å². The summed E-state index contributed by atoms with van der Waals surface area (Å²) in [4.78, 5) is 15.4. The summed E-state index contributed by atoms with van der Waals surface area (Å²) in [5.41, 5.74) is 0.345. The lowest BCUT2D eigenvalue weighted by Gasteiger charge is -2.34. The van der Waals surface area contributed by atoms with Crippen molar-refractivity contribution in [2.75, 3.05) is 39.8 Å². The Kier molecular flexibility index (Phi) is 9.18. The molecule has 0 spiro atoms. The molecule has 3 atom stereocenters. The highest BCUT2D eigenvalue weighted by molar-refractivity contribution is 7.89. The standard InChI is InChI=1S/C25H41N3O4S/c1-19-15-20(2)18-28(17-19)33(30,31)24-16-22(10-11-23(24)32-4)25(29)26-12-6-8-14-27-13-7-5-9-21(27)3/h10-11,16,19-21H,5-9,12-15,17-18H2,1-4H3,(H,26,29). The highest BCUT2D eigenvalue weighted by atomic mass is 32.2. The fourth-order valence-corrected chi connectivity index (χ4v) is 7.06. The second-order valence-electron chi connectivity index (χ2n) is 9.98. The van der Waals surface area contributed by atoms with Crippen LogP contribution in [0.3, 0.4) is 0 Å². The molecule has 1 N–H and O–H groups in total. The second kappa shape index (κ2) is 11.7. The van der Waals surface area contributed by atoms with Gasteiger partial charge in [-0.1, -0.05) is 20.3 Å². The maximum atomic E-state index is 13.4. The van der Waals surface area contributed by atoms with Gasteiger partial charge in [0.15, 0.2) is 0 Å². The summed E-state index contributed by atoms with van der Waals surface area (Å²) >= 11 is 0. The number of piperidine rings is 2. The molecule has 2 aliphatic rings. The van der Waals surface area contributed by atoms with E-state index in [1.165, 1.54) is 43.3 Å². The van der Waals surface area contributed by atoms with Crippen molar-refractivity contribution in [3.63, 3.8) is 0 Å². The molecule has 0 aromatic heterocycles. The minimum atomic E-state index is -3.75. The Hall–Kier alpha value is -1.64. The smallest absolute Gasteiger partial charge is 0.251 e. The molecule has 33 heavy (non-hydrogen) atoms. The molecule has 186 valence electrons. The molecule has 3 unspecified atom stereocenters. The summed E-state index contributed by atoms with van der Waals surface area (Å²) in [6, 6.07) is 5.32. The van der Waals surface area contributed by atoms with Crippen molar-refractivity contribution in [1.29, 1.82) is 0 Å². The number of amides is 1. The van der Waals surface area contributed by atoms with Crippen LogP contribution in [0, 0.1) is 11.8 Å². The predicted molar refractivity (Wildman–Crippen MR) is 131 cm³/mol. The largest absolute Gasteiger partial charge is 0.495 e. The van der Waals surface area contributed by atoms with Crippen molar-refractivity contribution < 1.29 is 17.9 Å². The van der Waals surface area contributed by atoms with Crippen LogP contribution in [-0.2, 0) is 10.0 Å². The zero-order chi connectivity index (χ0) is 24.0. The van der Waals surface area contributed by atoms with E-state index in [0.29, 0.717) is 43.1 Å². The van der Waals surface area contributed by atoms with Gasteiger partial charge in [0.2, 0.25) is 10.0 Å². The van der Waals surface area contributed by atoms with Crippen molar-refractivity contribution in [3.8, 4) is 5.75 Å². The Balaban J connectivity index is 1.60. The number of methoxy groups -OCH3 is 1. The monoisotopic (exact) mass is 479 g/mol. The number of carbonyl (C=O) groups is 1. The summed E-state index contributed by atoms with van der Waals surface area (Å²) in [5, 5.41) is 2.95. The first-order chi connectivity index (χ1) is 15.7. The molecule has 1 aromatic carbocycles. The van der Waals surface area contributed by atoms with E-state index in [9.17, 15) is 13.2 Å². The fourth-order valence-electron chi connectivity index (χ4n) is 5.19. The molecule has 0 radical (unpaired) electrons. The summed E-state index contributed by atoms with van der Waals surface area (Å²) in [7, 11) is -2.29. The Bertz CT molecular complexity index is 895. The van der Waals surface area contributed by atoms with Crippen LogP contribution >= 0.6 is 0 Å².